The first kappa shape index (κ1) is 14.5. The number of nitro benzene ring substituents is 1. The molecule has 1 aromatic heterocycles. The van der Waals surface area contributed by atoms with E-state index in [2.05, 4.69) is 5.32 Å². The fourth-order valence-electron chi connectivity index (χ4n) is 2.04. The summed E-state index contributed by atoms with van der Waals surface area (Å²) in [6, 6.07) is 9.89. The third kappa shape index (κ3) is 2.78. The molecule has 1 fully saturated rings. The Labute approximate surface area is 135 Å². The number of rotatable bonds is 3. The van der Waals surface area contributed by atoms with Gasteiger partial charge >= 0.3 is 0 Å². The van der Waals surface area contributed by atoms with E-state index < -0.39 is 4.92 Å². The number of non-ortho nitro benzene ring substituents is 1. The number of nitro groups is 1. The Morgan fingerprint density at radius 3 is 2.59 bits per heavy atom. The molecular weight excluding hydrogens is 322 g/mol. The van der Waals surface area contributed by atoms with Crippen LogP contribution in [0.1, 0.15) is 5.69 Å². The first-order valence-corrected chi connectivity index (χ1v) is 7.44. The van der Waals surface area contributed by atoms with Gasteiger partial charge in [-0.25, -0.2) is 0 Å². The second kappa shape index (κ2) is 5.74. The Morgan fingerprint density at radius 1 is 1.27 bits per heavy atom. The summed E-state index contributed by atoms with van der Waals surface area (Å²) in [4.78, 5) is 22.5. The number of nitrogens with zero attached hydrogens (tertiary/aromatic N) is 2. The summed E-state index contributed by atoms with van der Waals surface area (Å²) in [5.41, 5.74) is 1.59. The highest BCUT2D eigenvalue weighted by Gasteiger charge is 2.22. The molecule has 1 N–H and O–H groups in total. The standard InChI is InChI=1S/C14H9N3O3S2/c18-13-12(22-14(21)15-13)8-11-2-1-7-16(11)9-3-5-10(6-4-9)17(19)20/h1-8H,(H,15,18,21)/b12-8+. The molecule has 0 bridgehead atoms. The van der Waals surface area contributed by atoms with Crippen LogP contribution >= 0.6 is 24.0 Å². The fraction of sp³-hybridized carbons (Fsp3) is 0. The largest absolute Gasteiger partial charge is 0.317 e. The summed E-state index contributed by atoms with van der Waals surface area (Å²) in [6.07, 6.45) is 3.56. The SMILES string of the molecule is O=C1NC(=S)S/C1=C/c1cccn1-c1ccc([N+](=O)[O-])cc1. The van der Waals surface area contributed by atoms with Crippen LogP contribution in [0.5, 0.6) is 0 Å². The average Bonchev–Trinajstić information content (AvgIpc) is 3.06. The molecule has 0 aliphatic carbocycles. The molecule has 1 amide bonds. The second-order valence-electron chi connectivity index (χ2n) is 4.43. The molecule has 2 aromatic rings. The van der Waals surface area contributed by atoms with Gasteiger partial charge in [-0.1, -0.05) is 24.0 Å². The maximum absolute atomic E-state index is 11.7. The van der Waals surface area contributed by atoms with Crippen molar-refractivity contribution < 1.29 is 9.72 Å². The first-order valence-electron chi connectivity index (χ1n) is 6.21. The zero-order chi connectivity index (χ0) is 15.7. The number of carbonyl (C=O) groups is 1. The smallest absolute Gasteiger partial charge is 0.269 e. The molecule has 22 heavy (non-hydrogen) atoms. The summed E-state index contributed by atoms with van der Waals surface area (Å²) in [5, 5.41) is 13.3. The molecule has 2 heterocycles. The normalized spacial score (nSPS) is 16.1. The number of nitrogens with one attached hydrogen (secondary N) is 1. The number of hydrogen-bond acceptors (Lipinski definition) is 5. The highest BCUT2D eigenvalue weighted by atomic mass is 32.2. The van der Waals surface area contributed by atoms with E-state index in [1.807, 2.05) is 22.9 Å². The van der Waals surface area contributed by atoms with Gasteiger partial charge in [-0.3, -0.25) is 14.9 Å². The van der Waals surface area contributed by atoms with E-state index in [1.54, 1.807) is 18.2 Å². The van der Waals surface area contributed by atoms with E-state index >= 15 is 0 Å². The minimum Gasteiger partial charge on any atom is -0.317 e. The van der Waals surface area contributed by atoms with Crippen LogP contribution in [0.25, 0.3) is 11.8 Å². The zero-order valence-electron chi connectivity index (χ0n) is 11.1. The molecule has 6 nitrogen and oxygen atoms in total. The molecule has 8 heteroatoms. The lowest BCUT2D eigenvalue weighted by molar-refractivity contribution is -0.384. The summed E-state index contributed by atoms with van der Waals surface area (Å²) < 4.78 is 2.27. The van der Waals surface area contributed by atoms with Gasteiger partial charge in [0.2, 0.25) is 0 Å². The number of aromatic nitrogens is 1. The second-order valence-corrected chi connectivity index (χ2v) is 6.15. The molecule has 1 aromatic carbocycles. The molecular formula is C14H9N3O3S2. The van der Waals surface area contributed by atoms with Crippen LogP contribution in [0.3, 0.4) is 0 Å². The number of carbonyl (C=O) groups excluding carboxylic acids is 1. The first-order chi connectivity index (χ1) is 10.5. The lowest BCUT2D eigenvalue weighted by atomic mass is 10.2. The summed E-state index contributed by atoms with van der Waals surface area (Å²) in [6.45, 7) is 0. The number of benzene rings is 1. The molecule has 1 aliphatic heterocycles. The quantitative estimate of drug-likeness (QED) is 0.405. The van der Waals surface area contributed by atoms with Gasteiger partial charge in [0.25, 0.3) is 11.6 Å². The molecule has 1 aliphatic rings. The highest BCUT2D eigenvalue weighted by molar-refractivity contribution is 8.26. The van der Waals surface area contributed by atoms with Gasteiger partial charge in [-0.2, -0.15) is 0 Å². The van der Waals surface area contributed by atoms with Crippen molar-refractivity contribution in [3.63, 3.8) is 0 Å². The maximum Gasteiger partial charge on any atom is 0.269 e. The molecule has 0 radical (unpaired) electrons. The third-order valence-corrected chi connectivity index (χ3v) is 4.20. The Bertz CT molecular complexity index is 809. The Kier molecular flexibility index (Phi) is 3.78. The minimum atomic E-state index is -0.442. The van der Waals surface area contributed by atoms with Crippen molar-refractivity contribution in [1.29, 1.82) is 0 Å². The van der Waals surface area contributed by atoms with Crippen LogP contribution in [0.4, 0.5) is 5.69 Å². The van der Waals surface area contributed by atoms with E-state index in [1.165, 1.54) is 23.9 Å². The number of hydrogen-bond donors (Lipinski definition) is 1. The molecule has 110 valence electrons. The maximum atomic E-state index is 11.7. The Hall–Kier alpha value is -2.45. The van der Waals surface area contributed by atoms with Crippen LogP contribution in [-0.4, -0.2) is 19.7 Å². The molecule has 0 unspecified atom stereocenters. The Morgan fingerprint density at radius 2 is 2.00 bits per heavy atom. The van der Waals surface area contributed by atoms with Crippen molar-refractivity contribution in [2.45, 2.75) is 0 Å². The lowest BCUT2D eigenvalue weighted by Gasteiger charge is -2.06. The van der Waals surface area contributed by atoms with Crippen LogP contribution in [0, 0.1) is 10.1 Å². The Balaban J connectivity index is 1.95. The van der Waals surface area contributed by atoms with E-state index in [-0.39, 0.29) is 11.6 Å². The summed E-state index contributed by atoms with van der Waals surface area (Å²) in [5.74, 6) is -0.216. The van der Waals surface area contributed by atoms with Crippen LogP contribution < -0.4 is 5.32 Å². The van der Waals surface area contributed by atoms with E-state index in [9.17, 15) is 14.9 Å². The molecule has 0 atom stereocenters. The zero-order valence-corrected chi connectivity index (χ0v) is 12.7. The van der Waals surface area contributed by atoms with Crippen molar-refractivity contribution in [2.75, 3.05) is 0 Å². The minimum absolute atomic E-state index is 0.0342. The lowest BCUT2D eigenvalue weighted by Crippen LogP contribution is -2.17. The fourth-order valence-corrected chi connectivity index (χ4v) is 3.07. The molecule has 0 spiro atoms. The van der Waals surface area contributed by atoms with Gasteiger partial charge in [0, 0.05) is 29.7 Å². The number of amides is 1. The molecule has 3 rings (SSSR count). The molecule has 1 saturated heterocycles. The van der Waals surface area contributed by atoms with Crippen molar-refractivity contribution in [3.05, 3.63) is 63.3 Å². The van der Waals surface area contributed by atoms with Crippen molar-refractivity contribution in [1.82, 2.24) is 9.88 Å². The predicted molar refractivity (Wildman–Crippen MR) is 88.7 cm³/mol. The van der Waals surface area contributed by atoms with Crippen molar-refractivity contribution >= 4 is 46.0 Å². The predicted octanol–water partition coefficient (Wildman–Crippen LogP) is 2.87. The highest BCUT2D eigenvalue weighted by Crippen LogP contribution is 2.27. The number of thiocarbonyl (C=S) groups is 1. The monoisotopic (exact) mass is 331 g/mol. The van der Waals surface area contributed by atoms with E-state index in [4.69, 9.17) is 12.2 Å². The summed E-state index contributed by atoms with van der Waals surface area (Å²) >= 11 is 6.16. The number of thioether (sulfide) groups is 1. The topological polar surface area (TPSA) is 77.2 Å². The van der Waals surface area contributed by atoms with Crippen molar-refractivity contribution in [2.24, 2.45) is 0 Å². The van der Waals surface area contributed by atoms with E-state index in [0.717, 1.165) is 11.4 Å². The van der Waals surface area contributed by atoms with Crippen LogP contribution in [-0.2, 0) is 4.79 Å². The van der Waals surface area contributed by atoms with E-state index in [0.29, 0.717) is 9.23 Å². The van der Waals surface area contributed by atoms with Gasteiger partial charge in [0.1, 0.15) is 4.32 Å². The van der Waals surface area contributed by atoms with Gasteiger partial charge in [0.15, 0.2) is 0 Å². The van der Waals surface area contributed by atoms with Gasteiger partial charge in [0.05, 0.1) is 9.83 Å². The van der Waals surface area contributed by atoms with Crippen molar-refractivity contribution in [3.8, 4) is 5.69 Å². The van der Waals surface area contributed by atoms with Gasteiger partial charge in [-0.15, -0.1) is 0 Å². The van der Waals surface area contributed by atoms with Gasteiger partial charge in [-0.05, 0) is 30.3 Å². The molecule has 0 saturated carbocycles. The summed E-state index contributed by atoms with van der Waals surface area (Å²) in [7, 11) is 0. The van der Waals surface area contributed by atoms with Crippen LogP contribution in [0.15, 0.2) is 47.5 Å². The van der Waals surface area contributed by atoms with Gasteiger partial charge < -0.3 is 9.88 Å². The average molecular weight is 331 g/mol. The third-order valence-electron chi connectivity index (χ3n) is 3.04. The van der Waals surface area contributed by atoms with Crippen LogP contribution in [0.2, 0.25) is 0 Å².